The highest BCUT2D eigenvalue weighted by molar-refractivity contribution is 6.18. The van der Waals surface area contributed by atoms with E-state index in [2.05, 4.69) is 5.32 Å². The van der Waals surface area contributed by atoms with Gasteiger partial charge >= 0.3 is 0 Å². The van der Waals surface area contributed by atoms with E-state index in [1.165, 1.54) is 0 Å². The highest BCUT2D eigenvalue weighted by Gasteiger charge is 2.18. The normalized spacial score (nSPS) is 12.3. The predicted molar refractivity (Wildman–Crippen MR) is 67.8 cm³/mol. The Morgan fingerprint density at radius 1 is 1.32 bits per heavy atom. The highest BCUT2D eigenvalue weighted by Crippen LogP contribution is 2.14. The molecule has 1 unspecified atom stereocenters. The van der Waals surface area contributed by atoms with E-state index in [0.717, 1.165) is 6.42 Å². The molecule has 1 amide bonds. The summed E-state index contributed by atoms with van der Waals surface area (Å²) in [6.45, 7) is 2.25. The molecule has 0 aliphatic carbocycles. The largest absolute Gasteiger partial charge is 0.352 e. The second-order valence-electron chi connectivity index (χ2n) is 4.40. The van der Waals surface area contributed by atoms with Crippen molar-refractivity contribution in [2.45, 2.75) is 19.8 Å². The summed E-state index contributed by atoms with van der Waals surface area (Å²) in [7, 11) is 0. The Morgan fingerprint density at radius 2 is 1.89 bits per heavy atom. The van der Waals surface area contributed by atoms with Crippen LogP contribution in [0.1, 0.15) is 30.1 Å². The van der Waals surface area contributed by atoms with Crippen LogP contribution in [0.2, 0.25) is 0 Å². The summed E-state index contributed by atoms with van der Waals surface area (Å²) in [4.78, 5) is 11.6. The molecule has 2 nitrogen and oxygen atoms in total. The molecular formula is C13H15ClF3NO. The molecule has 1 N–H and O–H groups in total. The molecule has 0 fully saturated rings. The van der Waals surface area contributed by atoms with Gasteiger partial charge in [0.2, 0.25) is 0 Å². The Hall–Kier alpha value is -1.23. The van der Waals surface area contributed by atoms with Gasteiger partial charge in [0.15, 0.2) is 0 Å². The first-order valence-corrected chi connectivity index (χ1v) is 6.47. The van der Waals surface area contributed by atoms with Crippen LogP contribution < -0.4 is 5.32 Å². The SMILES string of the molecule is CC(CCl)CCCNC(=O)c1c(F)cc(F)cc1F. The summed E-state index contributed by atoms with van der Waals surface area (Å²) < 4.78 is 39.3. The summed E-state index contributed by atoms with van der Waals surface area (Å²) in [6, 6.07) is 0.959. The van der Waals surface area contributed by atoms with E-state index in [4.69, 9.17) is 11.6 Å². The van der Waals surface area contributed by atoms with Crippen molar-refractivity contribution in [3.05, 3.63) is 35.1 Å². The second kappa shape index (κ2) is 7.38. The molecule has 0 aromatic heterocycles. The number of alkyl halides is 1. The number of hydrogen-bond donors (Lipinski definition) is 1. The summed E-state index contributed by atoms with van der Waals surface area (Å²) in [5, 5.41) is 2.40. The van der Waals surface area contributed by atoms with Gasteiger partial charge in [-0.25, -0.2) is 13.2 Å². The van der Waals surface area contributed by atoms with Gasteiger partial charge in [0, 0.05) is 24.6 Å². The van der Waals surface area contributed by atoms with Crippen LogP contribution in [-0.4, -0.2) is 18.3 Å². The number of carbonyl (C=O) groups is 1. The topological polar surface area (TPSA) is 29.1 Å². The van der Waals surface area contributed by atoms with Crippen molar-refractivity contribution in [1.82, 2.24) is 5.32 Å². The molecule has 0 heterocycles. The number of amides is 1. The van der Waals surface area contributed by atoms with Gasteiger partial charge in [-0.2, -0.15) is 0 Å². The molecule has 1 rings (SSSR count). The van der Waals surface area contributed by atoms with Crippen LogP contribution in [0.4, 0.5) is 13.2 Å². The Labute approximate surface area is 114 Å². The van der Waals surface area contributed by atoms with Crippen molar-refractivity contribution in [1.29, 1.82) is 0 Å². The van der Waals surface area contributed by atoms with Gasteiger partial charge in [0.1, 0.15) is 23.0 Å². The van der Waals surface area contributed by atoms with Gasteiger partial charge in [-0.05, 0) is 18.8 Å². The predicted octanol–water partition coefficient (Wildman–Crippen LogP) is 3.49. The van der Waals surface area contributed by atoms with E-state index in [1.54, 1.807) is 0 Å². The first-order chi connectivity index (χ1) is 8.95. The van der Waals surface area contributed by atoms with Crippen molar-refractivity contribution in [2.24, 2.45) is 5.92 Å². The number of nitrogens with one attached hydrogen (secondary N) is 1. The number of hydrogen-bond acceptors (Lipinski definition) is 1. The first kappa shape index (κ1) is 15.8. The van der Waals surface area contributed by atoms with Crippen LogP contribution in [0.15, 0.2) is 12.1 Å². The Morgan fingerprint density at radius 3 is 2.42 bits per heavy atom. The van der Waals surface area contributed by atoms with Crippen LogP contribution in [0.25, 0.3) is 0 Å². The maximum Gasteiger partial charge on any atom is 0.257 e. The van der Waals surface area contributed by atoms with E-state index in [1.807, 2.05) is 6.92 Å². The zero-order chi connectivity index (χ0) is 14.4. The van der Waals surface area contributed by atoms with Crippen LogP contribution >= 0.6 is 11.6 Å². The van der Waals surface area contributed by atoms with Crippen LogP contribution in [0, 0.1) is 23.4 Å². The molecule has 1 aromatic rings. The number of carbonyl (C=O) groups excluding carboxylic acids is 1. The Kier molecular flexibility index (Phi) is 6.15. The summed E-state index contributed by atoms with van der Waals surface area (Å²) >= 11 is 5.62. The van der Waals surface area contributed by atoms with E-state index in [-0.39, 0.29) is 6.54 Å². The lowest BCUT2D eigenvalue weighted by molar-refractivity contribution is 0.0944. The van der Waals surface area contributed by atoms with Crippen LogP contribution in [0.5, 0.6) is 0 Å². The fourth-order valence-electron chi connectivity index (χ4n) is 1.58. The summed E-state index contributed by atoms with van der Waals surface area (Å²) in [5.41, 5.74) is -0.758. The molecule has 0 saturated carbocycles. The Bertz CT molecular complexity index is 431. The van der Waals surface area contributed by atoms with E-state index in [0.29, 0.717) is 30.4 Å². The third-order valence-corrected chi connectivity index (χ3v) is 3.18. The van der Waals surface area contributed by atoms with Crippen molar-refractivity contribution >= 4 is 17.5 Å². The van der Waals surface area contributed by atoms with Crippen molar-refractivity contribution in [3.63, 3.8) is 0 Å². The number of halogens is 4. The number of benzene rings is 1. The summed E-state index contributed by atoms with van der Waals surface area (Å²) in [5.74, 6) is -3.50. The van der Waals surface area contributed by atoms with E-state index in [9.17, 15) is 18.0 Å². The quantitative estimate of drug-likeness (QED) is 0.631. The molecule has 0 aliphatic rings. The monoisotopic (exact) mass is 293 g/mol. The van der Waals surface area contributed by atoms with Gasteiger partial charge in [0.05, 0.1) is 0 Å². The van der Waals surface area contributed by atoms with Crippen molar-refractivity contribution in [2.75, 3.05) is 12.4 Å². The zero-order valence-corrected chi connectivity index (χ0v) is 11.2. The van der Waals surface area contributed by atoms with Gasteiger partial charge in [-0.3, -0.25) is 4.79 Å². The molecule has 0 saturated heterocycles. The number of rotatable bonds is 6. The van der Waals surface area contributed by atoms with Crippen LogP contribution in [-0.2, 0) is 0 Å². The second-order valence-corrected chi connectivity index (χ2v) is 4.71. The molecule has 106 valence electrons. The molecule has 0 spiro atoms. The molecule has 0 aliphatic heterocycles. The van der Waals surface area contributed by atoms with Gasteiger partial charge in [-0.1, -0.05) is 6.92 Å². The molecule has 6 heteroatoms. The van der Waals surface area contributed by atoms with Gasteiger partial charge in [0.25, 0.3) is 5.91 Å². The van der Waals surface area contributed by atoms with Gasteiger partial charge < -0.3 is 5.32 Å². The average molecular weight is 294 g/mol. The van der Waals surface area contributed by atoms with Crippen LogP contribution in [0.3, 0.4) is 0 Å². The lowest BCUT2D eigenvalue weighted by atomic mass is 10.1. The zero-order valence-electron chi connectivity index (χ0n) is 10.5. The van der Waals surface area contributed by atoms with E-state index < -0.39 is 28.9 Å². The Balaban J connectivity index is 2.55. The lowest BCUT2D eigenvalue weighted by Gasteiger charge is -2.09. The molecule has 0 radical (unpaired) electrons. The van der Waals surface area contributed by atoms with Crippen molar-refractivity contribution in [3.8, 4) is 0 Å². The molecule has 1 aromatic carbocycles. The lowest BCUT2D eigenvalue weighted by Crippen LogP contribution is -2.27. The summed E-state index contributed by atoms with van der Waals surface area (Å²) in [6.07, 6.45) is 1.46. The first-order valence-electron chi connectivity index (χ1n) is 5.94. The standard InChI is InChI=1S/C13H15ClF3NO/c1-8(7-14)3-2-4-18-13(19)12-10(16)5-9(15)6-11(12)17/h5-6,8H,2-4,7H2,1H3,(H,18,19). The average Bonchev–Trinajstić information content (AvgIpc) is 2.33. The molecular weight excluding hydrogens is 279 g/mol. The van der Waals surface area contributed by atoms with Crippen molar-refractivity contribution < 1.29 is 18.0 Å². The maximum absolute atomic E-state index is 13.3. The fraction of sp³-hybridized carbons (Fsp3) is 0.462. The minimum absolute atomic E-state index is 0.288. The minimum Gasteiger partial charge on any atom is -0.352 e. The smallest absolute Gasteiger partial charge is 0.257 e. The van der Waals surface area contributed by atoms with Gasteiger partial charge in [-0.15, -0.1) is 11.6 Å². The molecule has 1 atom stereocenters. The third kappa shape index (κ3) is 4.74. The fourth-order valence-corrected chi connectivity index (χ4v) is 1.73. The molecule has 19 heavy (non-hydrogen) atoms. The van der Waals surface area contributed by atoms with E-state index >= 15 is 0 Å². The maximum atomic E-state index is 13.3. The molecule has 0 bridgehead atoms. The highest BCUT2D eigenvalue weighted by atomic mass is 35.5. The third-order valence-electron chi connectivity index (χ3n) is 2.66. The minimum atomic E-state index is -1.20.